The van der Waals surface area contributed by atoms with Crippen LogP contribution in [0.2, 0.25) is 0 Å². The Bertz CT molecular complexity index is 1690. The number of halogens is 6. The summed E-state index contributed by atoms with van der Waals surface area (Å²) in [5.74, 6) is -3.09. The number of amides is 1. The highest BCUT2D eigenvalue weighted by atomic mass is 19.4. The standard InChI is InChI=1S/C27H17F6N5O2/c28-20-13-19(27(31,32)33)16(24-34-9-4-10-35-24)12-17(20)26(40)36-25-18-11-14(22(39)23(29)30)7-8-21(18)37-38(25)15-5-2-1-3-6-15/h1-13,22-23,39H,(H,36,40)/t22-/m1/s1. The molecule has 5 rings (SSSR count). The first kappa shape index (κ1) is 26.8. The number of para-hydroxylation sites is 1. The highest BCUT2D eigenvalue weighted by Gasteiger charge is 2.36. The Hall–Kier alpha value is -4.78. The number of hydrogen-bond acceptors (Lipinski definition) is 5. The number of hydrogen-bond donors (Lipinski definition) is 2. The molecule has 5 aromatic rings. The monoisotopic (exact) mass is 557 g/mol. The molecule has 2 aromatic heterocycles. The van der Waals surface area contributed by atoms with Gasteiger partial charge in [-0.2, -0.15) is 18.3 Å². The lowest BCUT2D eigenvalue weighted by Crippen LogP contribution is -2.19. The van der Waals surface area contributed by atoms with Gasteiger partial charge in [-0.1, -0.05) is 24.3 Å². The lowest BCUT2D eigenvalue weighted by Gasteiger charge is -2.15. The predicted molar refractivity (Wildman–Crippen MR) is 132 cm³/mol. The maximum Gasteiger partial charge on any atom is 0.417 e. The average molecular weight is 557 g/mol. The molecular formula is C27H17F6N5O2. The second kappa shape index (κ2) is 10.4. The second-order valence-corrected chi connectivity index (χ2v) is 8.55. The van der Waals surface area contributed by atoms with E-state index in [2.05, 4.69) is 20.4 Å². The van der Waals surface area contributed by atoms with Gasteiger partial charge in [-0.3, -0.25) is 4.79 Å². The molecule has 204 valence electrons. The highest BCUT2D eigenvalue weighted by Crippen LogP contribution is 2.38. The first-order chi connectivity index (χ1) is 19.0. The quantitative estimate of drug-likeness (QED) is 0.243. The van der Waals surface area contributed by atoms with Crippen molar-refractivity contribution in [2.24, 2.45) is 0 Å². The summed E-state index contributed by atoms with van der Waals surface area (Å²) in [7, 11) is 0. The number of aliphatic hydroxyl groups is 1. The van der Waals surface area contributed by atoms with Gasteiger partial charge in [0.15, 0.2) is 5.82 Å². The SMILES string of the molecule is O=C(Nc1c2cc([C@@H](O)C(F)F)ccc2nn1-c1ccccc1)c1cc(-c2ncccn2)c(C(F)(F)F)cc1F. The molecule has 0 fully saturated rings. The molecule has 13 heteroatoms. The molecule has 0 bridgehead atoms. The van der Waals surface area contributed by atoms with Crippen LogP contribution in [0.25, 0.3) is 28.0 Å². The largest absolute Gasteiger partial charge is 0.417 e. The molecule has 2 heterocycles. The third kappa shape index (κ3) is 5.10. The van der Waals surface area contributed by atoms with Crippen LogP contribution < -0.4 is 5.32 Å². The molecule has 3 aromatic carbocycles. The van der Waals surface area contributed by atoms with Crippen LogP contribution in [0.3, 0.4) is 0 Å². The number of carbonyl (C=O) groups is 1. The van der Waals surface area contributed by atoms with Crippen molar-refractivity contribution in [1.29, 1.82) is 0 Å². The van der Waals surface area contributed by atoms with E-state index >= 15 is 4.39 Å². The van der Waals surface area contributed by atoms with Gasteiger partial charge in [0.25, 0.3) is 12.3 Å². The lowest BCUT2D eigenvalue weighted by molar-refractivity contribution is -0.137. The van der Waals surface area contributed by atoms with E-state index in [1.807, 2.05) is 0 Å². The molecule has 0 aliphatic rings. The number of anilines is 1. The van der Waals surface area contributed by atoms with Crippen molar-refractivity contribution in [3.05, 3.63) is 102 Å². The minimum absolute atomic E-state index is 0.0914. The summed E-state index contributed by atoms with van der Waals surface area (Å²) >= 11 is 0. The van der Waals surface area contributed by atoms with Crippen molar-refractivity contribution in [2.45, 2.75) is 18.7 Å². The molecule has 0 saturated carbocycles. The number of alkyl halides is 5. The molecule has 40 heavy (non-hydrogen) atoms. The topological polar surface area (TPSA) is 92.9 Å². The Balaban J connectivity index is 1.65. The fourth-order valence-corrected chi connectivity index (χ4v) is 4.09. The van der Waals surface area contributed by atoms with Crippen molar-refractivity contribution in [3.8, 4) is 17.1 Å². The van der Waals surface area contributed by atoms with Crippen LogP contribution in [-0.2, 0) is 6.18 Å². The minimum atomic E-state index is -4.98. The van der Waals surface area contributed by atoms with Crippen molar-refractivity contribution >= 4 is 22.6 Å². The molecule has 7 nitrogen and oxygen atoms in total. The first-order valence-electron chi connectivity index (χ1n) is 11.6. The van der Waals surface area contributed by atoms with Crippen LogP contribution in [0.15, 0.2) is 79.1 Å². The molecule has 1 atom stereocenters. The number of aromatic nitrogens is 4. The van der Waals surface area contributed by atoms with E-state index in [0.29, 0.717) is 11.8 Å². The van der Waals surface area contributed by atoms with E-state index in [1.165, 1.54) is 41.3 Å². The third-order valence-electron chi connectivity index (χ3n) is 5.97. The summed E-state index contributed by atoms with van der Waals surface area (Å²) in [5, 5.41) is 16.8. The number of fused-ring (bicyclic) bond motifs is 1. The molecule has 1 amide bonds. The average Bonchev–Trinajstić information content (AvgIpc) is 3.30. The number of aliphatic hydroxyl groups excluding tert-OH is 1. The molecule has 0 aliphatic carbocycles. The Kier molecular flexibility index (Phi) is 6.98. The smallest absolute Gasteiger partial charge is 0.382 e. The van der Waals surface area contributed by atoms with E-state index in [9.17, 15) is 31.9 Å². The van der Waals surface area contributed by atoms with Gasteiger partial charge in [0.1, 0.15) is 17.7 Å². The molecule has 0 radical (unpaired) electrons. The number of benzene rings is 3. The van der Waals surface area contributed by atoms with E-state index in [4.69, 9.17) is 0 Å². The Morgan fingerprint density at radius 3 is 2.30 bits per heavy atom. The maximum atomic E-state index is 15.0. The van der Waals surface area contributed by atoms with Crippen LogP contribution in [0.4, 0.5) is 32.2 Å². The number of carbonyl (C=O) groups excluding carboxylic acids is 1. The third-order valence-corrected chi connectivity index (χ3v) is 5.97. The van der Waals surface area contributed by atoms with Crippen LogP contribution in [0, 0.1) is 5.82 Å². The van der Waals surface area contributed by atoms with E-state index < -0.39 is 47.1 Å². The molecular weight excluding hydrogens is 540 g/mol. The van der Waals surface area contributed by atoms with Gasteiger partial charge in [0, 0.05) is 23.3 Å². The first-order valence-corrected chi connectivity index (χ1v) is 11.6. The summed E-state index contributed by atoms with van der Waals surface area (Å²) in [6.45, 7) is 0. The van der Waals surface area contributed by atoms with Crippen molar-refractivity contribution in [1.82, 2.24) is 19.7 Å². The predicted octanol–water partition coefficient (Wildman–Crippen LogP) is 6.19. The molecule has 0 aliphatic heterocycles. The lowest BCUT2D eigenvalue weighted by atomic mass is 10.0. The zero-order valence-corrected chi connectivity index (χ0v) is 20.1. The van der Waals surface area contributed by atoms with Gasteiger partial charge in [0.2, 0.25) is 0 Å². The minimum Gasteiger partial charge on any atom is -0.382 e. The summed E-state index contributed by atoms with van der Waals surface area (Å²) < 4.78 is 83.8. The number of rotatable bonds is 6. The van der Waals surface area contributed by atoms with Gasteiger partial charge in [0.05, 0.1) is 22.3 Å². The van der Waals surface area contributed by atoms with E-state index in [1.54, 1.807) is 30.3 Å². The van der Waals surface area contributed by atoms with Gasteiger partial charge < -0.3 is 10.4 Å². The summed E-state index contributed by atoms with van der Waals surface area (Å²) in [6, 6.07) is 14.4. The van der Waals surface area contributed by atoms with E-state index in [0.717, 1.165) is 0 Å². The molecule has 0 unspecified atom stereocenters. The summed E-state index contributed by atoms with van der Waals surface area (Å²) in [5.41, 5.74) is -2.27. The van der Waals surface area contributed by atoms with E-state index in [-0.39, 0.29) is 34.2 Å². The van der Waals surface area contributed by atoms with Gasteiger partial charge in [-0.15, -0.1) is 0 Å². The Labute approximate surface area is 221 Å². The number of nitrogens with one attached hydrogen (secondary N) is 1. The molecule has 2 N–H and O–H groups in total. The Morgan fingerprint density at radius 1 is 0.950 bits per heavy atom. The van der Waals surface area contributed by atoms with Gasteiger partial charge in [-0.25, -0.2) is 27.8 Å². The van der Waals surface area contributed by atoms with Crippen LogP contribution in [-0.4, -0.2) is 37.2 Å². The zero-order chi connectivity index (χ0) is 28.6. The summed E-state index contributed by atoms with van der Waals surface area (Å²) in [4.78, 5) is 20.9. The van der Waals surface area contributed by atoms with Crippen LogP contribution in [0.1, 0.15) is 27.6 Å². The normalized spacial score (nSPS) is 12.6. The van der Waals surface area contributed by atoms with Crippen LogP contribution >= 0.6 is 0 Å². The second-order valence-electron chi connectivity index (χ2n) is 8.55. The summed E-state index contributed by atoms with van der Waals surface area (Å²) in [6.07, 6.45) is -7.81. The fraction of sp³-hybridized carbons (Fsp3) is 0.111. The van der Waals surface area contributed by atoms with Crippen LogP contribution in [0.5, 0.6) is 0 Å². The highest BCUT2D eigenvalue weighted by molar-refractivity contribution is 6.09. The van der Waals surface area contributed by atoms with Crippen molar-refractivity contribution in [3.63, 3.8) is 0 Å². The van der Waals surface area contributed by atoms with Gasteiger partial charge >= 0.3 is 6.18 Å². The van der Waals surface area contributed by atoms with Gasteiger partial charge in [-0.05, 0) is 48.0 Å². The van der Waals surface area contributed by atoms with Crippen molar-refractivity contribution in [2.75, 3.05) is 5.32 Å². The maximum absolute atomic E-state index is 15.0. The zero-order valence-electron chi connectivity index (χ0n) is 20.1. The Morgan fingerprint density at radius 2 is 1.65 bits per heavy atom. The fourth-order valence-electron chi connectivity index (χ4n) is 4.09. The van der Waals surface area contributed by atoms with Crippen molar-refractivity contribution < 1.29 is 36.2 Å². The molecule has 0 saturated heterocycles. The number of nitrogens with zero attached hydrogens (tertiary/aromatic N) is 4. The molecule has 0 spiro atoms.